The fraction of sp³-hybridized carbons (Fsp3) is 0.562. The van der Waals surface area contributed by atoms with Gasteiger partial charge in [0.25, 0.3) is 0 Å². The molecule has 1 aromatic carbocycles. The minimum atomic E-state index is -2.47. The summed E-state index contributed by atoms with van der Waals surface area (Å²) in [6.07, 6.45) is 0.214. The molecule has 0 aromatic heterocycles. The number of allylic oxidation sites excluding steroid dienone is 4. The van der Waals surface area contributed by atoms with Crippen molar-refractivity contribution in [3.8, 4) is 5.75 Å². The van der Waals surface area contributed by atoms with Crippen LogP contribution in [0.1, 0.15) is 45.1 Å². The molecular formula is C32H39FN2O12. The van der Waals surface area contributed by atoms with E-state index in [4.69, 9.17) is 19.9 Å². The number of carbonyl (C=O) groups excluding carboxylic acids is 4. The molecule has 0 spiro atoms. The average molecular weight is 663 g/mol. The minimum absolute atomic E-state index is 0.0738. The normalized spacial score (nSPS) is 35.8. The summed E-state index contributed by atoms with van der Waals surface area (Å²) in [5.74, 6) is -3.79. The molecule has 1 aromatic rings. The molecule has 6 N–H and O–H groups in total. The first-order valence-corrected chi connectivity index (χ1v) is 15.3. The highest BCUT2D eigenvalue weighted by atomic mass is 19.1. The second-order valence-corrected chi connectivity index (χ2v) is 13.1. The Morgan fingerprint density at radius 2 is 1.87 bits per heavy atom. The molecule has 4 aliphatic rings. The molecule has 0 radical (unpaired) electrons. The van der Waals surface area contributed by atoms with Crippen LogP contribution in [0.15, 0.2) is 48.1 Å². The van der Waals surface area contributed by atoms with Crippen molar-refractivity contribution in [1.82, 2.24) is 10.7 Å². The van der Waals surface area contributed by atoms with Crippen LogP contribution in [-0.2, 0) is 30.4 Å². The molecule has 0 heterocycles. The van der Waals surface area contributed by atoms with E-state index in [1.165, 1.54) is 37.3 Å². The second-order valence-electron chi connectivity index (χ2n) is 13.1. The van der Waals surface area contributed by atoms with Crippen molar-refractivity contribution in [2.24, 2.45) is 22.7 Å². The SMILES string of the molecule is C[C@]12C=CC(=O)C=C1CC[C@H]1[C@@H]3CC(O)[C@](O)(C(=O)COC(=O)CNC(=O)Oc4cccc(CCON(O)O)c4)[C@@]3(C)C[C@H](O)[C@@]12F. The number of halogens is 1. The fourth-order valence-electron chi connectivity index (χ4n) is 8.33. The van der Waals surface area contributed by atoms with Crippen molar-refractivity contribution in [2.75, 3.05) is 19.8 Å². The van der Waals surface area contributed by atoms with E-state index in [0.717, 1.165) is 0 Å². The van der Waals surface area contributed by atoms with Gasteiger partial charge in [0, 0.05) is 16.7 Å². The maximum Gasteiger partial charge on any atom is 0.413 e. The van der Waals surface area contributed by atoms with Crippen LogP contribution in [0.5, 0.6) is 5.75 Å². The average Bonchev–Trinajstić information content (AvgIpc) is 3.21. The van der Waals surface area contributed by atoms with E-state index in [1.54, 1.807) is 19.1 Å². The highest BCUT2D eigenvalue weighted by Gasteiger charge is 2.76. The van der Waals surface area contributed by atoms with Gasteiger partial charge in [-0.2, -0.15) is 0 Å². The Morgan fingerprint density at radius 1 is 1.13 bits per heavy atom. The molecule has 47 heavy (non-hydrogen) atoms. The molecule has 4 aliphatic carbocycles. The quantitative estimate of drug-likeness (QED) is 0.155. The number of nitrogens with zero attached hydrogens (tertiary/aromatic N) is 1. The number of rotatable bonds is 10. The summed E-state index contributed by atoms with van der Waals surface area (Å²) in [6, 6.07) is 6.22. The third kappa shape index (κ3) is 5.90. The van der Waals surface area contributed by atoms with Crippen LogP contribution < -0.4 is 10.1 Å². The predicted molar refractivity (Wildman–Crippen MR) is 156 cm³/mol. The summed E-state index contributed by atoms with van der Waals surface area (Å²) in [4.78, 5) is 54.6. The van der Waals surface area contributed by atoms with Gasteiger partial charge in [0.2, 0.25) is 5.78 Å². The number of Topliss-reactive ketones (excluding diaryl/α,β-unsaturated/α-hetero) is 1. The van der Waals surface area contributed by atoms with Crippen LogP contribution in [0.2, 0.25) is 0 Å². The Labute approximate surface area is 269 Å². The van der Waals surface area contributed by atoms with Crippen molar-refractivity contribution in [2.45, 2.75) is 69.4 Å². The number of aliphatic hydroxyl groups excluding tert-OH is 2. The molecule has 8 atom stereocenters. The standard InChI is InChI=1S/C32H39FN2O12/c1-29-10-8-20(36)13-19(29)6-7-22-23-14-24(37)32(42,30(23,2)15-25(38)31(22,29)33)26(39)17-45-27(40)16-34-28(41)47-21-5-3-4-18(12-21)9-11-46-35(43)44/h3-5,8,10,12-13,22-25,37-38,42-44H,6-7,9,11,14-17H2,1-2H3,(H,34,41)/t22-,23-,24?,25-,29-,30-,31-,32-/m0/s1. The smallest absolute Gasteiger partial charge is 0.413 e. The van der Waals surface area contributed by atoms with Crippen LogP contribution in [0.4, 0.5) is 9.18 Å². The van der Waals surface area contributed by atoms with Crippen LogP contribution in [0, 0.1) is 22.7 Å². The first-order chi connectivity index (χ1) is 22.1. The van der Waals surface area contributed by atoms with E-state index in [1.807, 2.05) is 0 Å². The van der Waals surface area contributed by atoms with Gasteiger partial charge < -0.3 is 30.1 Å². The Bertz CT molecular complexity index is 1500. The van der Waals surface area contributed by atoms with Crippen molar-refractivity contribution in [1.29, 1.82) is 0 Å². The molecular weight excluding hydrogens is 623 g/mol. The molecule has 3 fully saturated rings. The highest BCUT2D eigenvalue weighted by molar-refractivity contribution is 6.01. The van der Waals surface area contributed by atoms with Crippen LogP contribution in [0.25, 0.3) is 0 Å². The minimum Gasteiger partial charge on any atom is -0.456 e. The Morgan fingerprint density at radius 3 is 2.60 bits per heavy atom. The van der Waals surface area contributed by atoms with E-state index < -0.39 is 82.5 Å². The van der Waals surface area contributed by atoms with Crippen molar-refractivity contribution < 1.29 is 63.6 Å². The first-order valence-electron chi connectivity index (χ1n) is 15.3. The molecule has 0 saturated heterocycles. The maximum absolute atomic E-state index is 17.2. The van der Waals surface area contributed by atoms with E-state index in [0.29, 0.717) is 17.6 Å². The molecule has 5 rings (SSSR count). The van der Waals surface area contributed by atoms with Crippen LogP contribution >= 0.6 is 0 Å². The number of fused-ring (bicyclic) bond motifs is 5. The monoisotopic (exact) mass is 662 g/mol. The van der Waals surface area contributed by atoms with E-state index in [9.17, 15) is 34.5 Å². The van der Waals surface area contributed by atoms with Gasteiger partial charge in [-0.1, -0.05) is 30.7 Å². The lowest BCUT2D eigenvalue weighted by atomic mass is 9.44. The summed E-state index contributed by atoms with van der Waals surface area (Å²) in [5, 5.41) is 53.2. The Kier molecular flexibility index (Phi) is 9.47. The molecule has 256 valence electrons. The largest absolute Gasteiger partial charge is 0.456 e. The van der Waals surface area contributed by atoms with Crippen molar-refractivity contribution in [3.63, 3.8) is 0 Å². The third-order valence-electron chi connectivity index (χ3n) is 10.7. The maximum atomic E-state index is 17.2. The zero-order valence-corrected chi connectivity index (χ0v) is 25.9. The number of amides is 1. The second kappa shape index (κ2) is 12.8. The number of hydrogen-bond donors (Lipinski definition) is 6. The number of carbonyl (C=O) groups is 4. The van der Waals surface area contributed by atoms with E-state index in [-0.39, 0.29) is 43.8 Å². The van der Waals surface area contributed by atoms with Crippen molar-refractivity contribution in [3.05, 3.63) is 53.6 Å². The number of esters is 1. The lowest BCUT2D eigenvalue weighted by molar-refractivity contribution is -0.492. The van der Waals surface area contributed by atoms with Gasteiger partial charge in [0.05, 0.1) is 24.2 Å². The topological polar surface area (TPSA) is 212 Å². The summed E-state index contributed by atoms with van der Waals surface area (Å²) in [6.45, 7) is 1.43. The number of aliphatic hydroxyl groups is 3. The molecule has 14 nitrogen and oxygen atoms in total. The summed E-state index contributed by atoms with van der Waals surface area (Å²) >= 11 is 0. The lowest BCUT2D eigenvalue weighted by Crippen LogP contribution is -2.69. The highest BCUT2D eigenvalue weighted by Crippen LogP contribution is 2.69. The van der Waals surface area contributed by atoms with Gasteiger partial charge in [-0.15, -0.1) is 0 Å². The van der Waals surface area contributed by atoms with Crippen molar-refractivity contribution >= 4 is 23.6 Å². The summed E-state index contributed by atoms with van der Waals surface area (Å²) in [5.41, 5.74) is -6.24. The molecule has 3 saturated carbocycles. The van der Waals surface area contributed by atoms with Crippen LogP contribution in [-0.4, -0.2) is 98.0 Å². The Hall–Kier alpha value is -3.57. The molecule has 1 unspecified atom stereocenters. The summed E-state index contributed by atoms with van der Waals surface area (Å²) < 4.78 is 27.4. The fourth-order valence-corrected chi connectivity index (χ4v) is 8.33. The zero-order valence-electron chi connectivity index (χ0n) is 25.9. The third-order valence-corrected chi connectivity index (χ3v) is 10.7. The summed E-state index contributed by atoms with van der Waals surface area (Å²) in [7, 11) is 0. The number of hydrogen-bond acceptors (Lipinski definition) is 13. The van der Waals surface area contributed by atoms with Gasteiger partial charge >= 0.3 is 12.1 Å². The number of nitrogens with one attached hydrogen (secondary N) is 1. The van der Waals surface area contributed by atoms with Gasteiger partial charge in [0.1, 0.15) is 12.3 Å². The van der Waals surface area contributed by atoms with Gasteiger partial charge in [-0.05, 0) is 74.8 Å². The van der Waals surface area contributed by atoms with E-state index in [2.05, 4.69) is 10.2 Å². The number of benzene rings is 1. The van der Waals surface area contributed by atoms with Gasteiger partial charge in [0.15, 0.2) is 23.7 Å². The van der Waals surface area contributed by atoms with Gasteiger partial charge in [-0.3, -0.25) is 29.6 Å². The predicted octanol–water partition coefficient (Wildman–Crippen LogP) is 1.51. The molecule has 0 aliphatic heterocycles. The first kappa shape index (κ1) is 34.8. The van der Waals surface area contributed by atoms with Crippen LogP contribution in [0.3, 0.4) is 0 Å². The van der Waals surface area contributed by atoms with E-state index >= 15 is 4.39 Å². The Balaban J connectivity index is 1.19. The zero-order chi connectivity index (χ0) is 34.4. The van der Waals surface area contributed by atoms with Gasteiger partial charge in [-0.25, -0.2) is 9.18 Å². The lowest BCUT2D eigenvalue weighted by Gasteiger charge is -2.62. The molecule has 15 heteroatoms. The number of ketones is 2. The molecule has 1 amide bonds. The number of ether oxygens (including phenoxy) is 2. The molecule has 0 bridgehead atoms. The number of alkyl halides is 1.